The van der Waals surface area contributed by atoms with Gasteiger partial charge in [0.25, 0.3) is 0 Å². The highest BCUT2D eigenvalue weighted by molar-refractivity contribution is 6.08. The highest BCUT2D eigenvalue weighted by Gasteiger charge is 2.14. The zero-order valence-corrected chi connectivity index (χ0v) is 27.1. The van der Waals surface area contributed by atoms with E-state index in [1.165, 1.54) is 55.2 Å². The number of aromatic nitrogens is 4. The van der Waals surface area contributed by atoms with Crippen LogP contribution in [0.4, 0.5) is 0 Å². The molecule has 10 rings (SSSR count). The summed E-state index contributed by atoms with van der Waals surface area (Å²) in [6, 6.07) is 60.6. The summed E-state index contributed by atoms with van der Waals surface area (Å²) in [5, 5.41) is 2.34. The Hall–Kier alpha value is -6.78. The van der Waals surface area contributed by atoms with E-state index >= 15 is 0 Å². The van der Waals surface area contributed by atoms with Gasteiger partial charge in [0, 0.05) is 34.5 Å². The van der Waals surface area contributed by atoms with Gasteiger partial charge in [-0.3, -0.25) is 9.97 Å². The topological polar surface area (TPSA) is 35.6 Å². The largest absolute Gasteiger partial charge is 0.308 e. The van der Waals surface area contributed by atoms with Crippen LogP contribution in [0.1, 0.15) is 0 Å². The first-order valence-corrected chi connectivity index (χ1v) is 16.9. The van der Waals surface area contributed by atoms with Gasteiger partial charge in [0.15, 0.2) is 0 Å². The lowest BCUT2D eigenvalue weighted by Crippen LogP contribution is -1.93. The van der Waals surface area contributed by atoms with Gasteiger partial charge in [-0.25, -0.2) is 0 Å². The summed E-state index contributed by atoms with van der Waals surface area (Å²) >= 11 is 0. The number of hydrogen-bond donors (Lipinski definition) is 0. The first-order chi connectivity index (χ1) is 24.8. The third-order valence-corrected chi connectivity index (χ3v) is 9.88. The maximum atomic E-state index is 4.68. The highest BCUT2D eigenvalue weighted by atomic mass is 15.0. The molecule has 0 N–H and O–H groups in total. The molecule has 0 aliphatic heterocycles. The molecule has 0 saturated carbocycles. The van der Waals surface area contributed by atoms with Crippen LogP contribution in [-0.4, -0.2) is 19.1 Å². The van der Waals surface area contributed by atoms with E-state index in [1.807, 2.05) is 24.5 Å². The molecule has 4 heteroatoms. The minimum Gasteiger partial charge on any atom is -0.308 e. The van der Waals surface area contributed by atoms with Crippen LogP contribution in [0, 0.1) is 0 Å². The summed E-state index contributed by atoms with van der Waals surface area (Å²) in [4.78, 5) is 9.36. The molecule has 0 unspecified atom stereocenters. The average Bonchev–Trinajstić information content (AvgIpc) is 3.71. The van der Waals surface area contributed by atoms with Crippen LogP contribution in [0.3, 0.4) is 0 Å². The van der Waals surface area contributed by atoms with E-state index in [9.17, 15) is 0 Å². The Labute approximate surface area is 289 Å². The maximum absolute atomic E-state index is 4.68. The Kier molecular flexibility index (Phi) is 6.46. The molecule has 0 amide bonds. The maximum Gasteiger partial charge on any atom is 0.0963 e. The van der Waals surface area contributed by atoms with E-state index in [0.29, 0.717) is 0 Å². The van der Waals surface area contributed by atoms with Crippen LogP contribution in [-0.2, 0) is 0 Å². The van der Waals surface area contributed by atoms with Crippen LogP contribution in [0.2, 0.25) is 0 Å². The number of rotatable bonds is 5. The Bertz CT molecular complexity index is 2520. The van der Waals surface area contributed by atoms with Gasteiger partial charge in [-0.1, -0.05) is 109 Å². The van der Waals surface area contributed by atoms with Crippen molar-refractivity contribution in [1.29, 1.82) is 0 Å². The Morgan fingerprint density at radius 3 is 0.940 bits per heavy atom. The highest BCUT2D eigenvalue weighted by Crippen LogP contribution is 2.34. The molecule has 0 bridgehead atoms. The number of para-hydroxylation sites is 2. The molecule has 234 valence electrons. The lowest BCUT2D eigenvalue weighted by atomic mass is 9.98. The number of pyridine rings is 2. The summed E-state index contributed by atoms with van der Waals surface area (Å²) < 4.78 is 4.60. The summed E-state index contributed by atoms with van der Waals surface area (Å²) in [5.74, 6) is 0. The SMILES string of the molecule is c1ccc2c(c1)c1ncccc1n2-c1ccc(-c2ccc(-c3ccc(-c4ccc(-n5c6ccccc6c6ncccc65)cc4)cc3)cc2)cc1. The van der Waals surface area contributed by atoms with Crippen molar-refractivity contribution in [3.8, 4) is 44.8 Å². The molecule has 4 heterocycles. The minimum atomic E-state index is 1.03. The molecule has 0 fully saturated rings. The summed E-state index contributed by atoms with van der Waals surface area (Å²) in [6.07, 6.45) is 3.73. The van der Waals surface area contributed by atoms with Gasteiger partial charge in [0.05, 0.1) is 33.1 Å². The zero-order chi connectivity index (χ0) is 33.0. The van der Waals surface area contributed by atoms with Gasteiger partial charge in [-0.05, 0) is 94.0 Å². The van der Waals surface area contributed by atoms with Crippen molar-refractivity contribution in [2.75, 3.05) is 0 Å². The fourth-order valence-electron chi connectivity index (χ4n) is 7.44. The van der Waals surface area contributed by atoms with Crippen molar-refractivity contribution in [3.63, 3.8) is 0 Å². The number of fused-ring (bicyclic) bond motifs is 6. The van der Waals surface area contributed by atoms with Gasteiger partial charge >= 0.3 is 0 Å². The average molecular weight is 639 g/mol. The fraction of sp³-hybridized carbons (Fsp3) is 0. The molecule has 50 heavy (non-hydrogen) atoms. The molecule has 0 saturated heterocycles. The van der Waals surface area contributed by atoms with Gasteiger partial charge in [0.1, 0.15) is 0 Å². The van der Waals surface area contributed by atoms with Gasteiger partial charge < -0.3 is 9.13 Å². The van der Waals surface area contributed by atoms with Crippen LogP contribution >= 0.6 is 0 Å². The van der Waals surface area contributed by atoms with Crippen molar-refractivity contribution in [1.82, 2.24) is 19.1 Å². The van der Waals surface area contributed by atoms with Crippen LogP contribution in [0.5, 0.6) is 0 Å². The second-order valence-electron chi connectivity index (χ2n) is 12.7. The molecule has 4 aromatic heterocycles. The van der Waals surface area contributed by atoms with Gasteiger partial charge in [-0.15, -0.1) is 0 Å². The molecule has 0 atom stereocenters. The molecule has 0 aliphatic carbocycles. The third-order valence-electron chi connectivity index (χ3n) is 9.88. The monoisotopic (exact) mass is 638 g/mol. The predicted molar refractivity (Wildman–Crippen MR) is 207 cm³/mol. The quantitative estimate of drug-likeness (QED) is 0.188. The van der Waals surface area contributed by atoms with Gasteiger partial charge in [0.2, 0.25) is 0 Å². The molecule has 0 spiro atoms. The normalized spacial score (nSPS) is 11.6. The summed E-state index contributed by atoms with van der Waals surface area (Å²) in [5.41, 5.74) is 16.0. The van der Waals surface area contributed by atoms with Crippen LogP contribution < -0.4 is 0 Å². The molecule has 10 aromatic rings. The lowest BCUT2D eigenvalue weighted by Gasteiger charge is -2.10. The van der Waals surface area contributed by atoms with Crippen LogP contribution in [0.15, 0.2) is 182 Å². The van der Waals surface area contributed by atoms with E-state index in [1.54, 1.807) is 0 Å². The van der Waals surface area contributed by atoms with Crippen molar-refractivity contribution in [2.45, 2.75) is 0 Å². The first-order valence-electron chi connectivity index (χ1n) is 16.9. The number of nitrogens with zero attached hydrogens (tertiary/aromatic N) is 4. The first kappa shape index (κ1) is 28.3. The van der Waals surface area contributed by atoms with Crippen molar-refractivity contribution in [2.24, 2.45) is 0 Å². The smallest absolute Gasteiger partial charge is 0.0963 e. The predicted octanol–water partition coefficient (Wildman–Crippen LogP) is 11.7. The van der Waals surface area contributed by atoms with E-state index in [-0.39, 0.29) is 0 Å². The van der Waals surface area contributed by atoms with E-state index in [4.69, 9.17) is 0 Å². The fourth-order valence-corrected chi connectivity index (χ4v) is 7.44. The van der Waals surface area contributed by atoms with E-state index in [2.05, 4.69) is 177 Å². The summed E-state index contributed by atoms with van der Waals surface area (Å²) in [6.45, 7) is 0. The van der Waals surface area contributed by atoms with Crippen molar-refractivity contribution in [3.05, 3.63) is 182 Å². The van der Waals surface area contributed by atoms with E-state index < -0.39 is 0 Å². The standard InChI is InChI=1S/C46H30N4/c1-3-9-41-39(7-1)45-43(11-5-29-47-45)49(41)37-25-21-35(22-26-37)33-17-13-31(14-18-33)32-15-19-34(20-16-32)36-23-27-38(28-24-36)50-42-10-4-2-8-40(42)46-44(50)12-6-30-48-46/h1-30H. The number of hydrogen-bond acceptors (Lipinski definition) is 2. The Balaban J connectivity index is 0.893. The van der Waals surface area contributed by atoms with Crippen molar-refractivity contribution >= 4 is 43.9 Å². The molecular formula is C46H30N4. The lowest BCUT2D eigenvalue weighted by molar-refractivity contribution is 1.18. The Morgan fingerprint density at radius 2 is 0.580 bits per heavy atom. The molecule has 0 radical (unpaired) electrons. The zero-order valence-electron chi connectivity index (χ0n) is 27.1. The second kappa shape index (κ2) is 11.4. The summed E-state index contributed by atoms with van der Waals surface area (Å²) in [7, 11) is 0. The van der Waals surface area contributed by atoms with E-state index in [0.717, 1.165) is 33.4 Å². The van der Waals surface area contributed by atoms with Gasteiger partial charge in [-0.2, -0.15) is 0 Å². The Morgan fingerprint density at radius 1 is 0.280 bits per heavy atom. The molecule has 6 aromatic carbocycles. The minimum absolute atomic E-state index is 1.03. The number of benzene rings is 6. The molecule has 4 nitrogen and oxygen atoms in total. The second-order valence-corrected chi connectivity index (χ2v) is 12.7. The molecule has 0 aliphatic rings. The van der Waals surface area contributed by atoms with Crippen LogP contribution in [0.25, 0.3) is 88.6 Å². The van der Waals surface area contributed by atoms with Crippen molar-refractivity contribution < 1.29 is 0 Å². The molecular weight excluding hydrogens is 609 g/mol. The third kappa shape index (κ3) is 4.54.